The molecular formula is C26H30ClN3O. The van der Waals surface area contributed by atoms with Crippen molar-refractivity contribution in [1.82, 2.24) is 9.88 Å². The minimum atomic E-state index is -0.00910. The van der Waals surface area contributed by atoms with Gasteiger partial charge in [-0.3, -0.25) is 9.88 Å². The maximum absolute atomic E-state index is 6.22. The van der Waals surface area contributed by atoms with Crippen molar-refractivity contribution < 1.29 is 4.74 Å². The third-order valence-corrected chi connectivity index (χ3v) is 6.33. The topological polar surface area (TPSA) is 51.4 Å². The van der Waals surface area contributed by atoms with Crippen molar-refractivity contribution in [2.75, 3.05) is 26.2 Å². The van der Waals surface area contributed by atoms with E-state index in [0.29, 0.717) is 6.61 Å². The maximum atomic E-state index is 6.22. The number of aryl methyl sites for hydroxylation is 1. The first-order valence-corrected chi connectivity index (χ1v) is 11.2. The molecule has 162 valence electrons. The summed E-state index contributed by atoms with van der Waals surface area (Å²) in [5.41, 5.74) is 11.5. The highest BCUT2D eigenvalue weighted by atomic mass is 35.5. The van der Waals surface area contributed by atoms with Crippen LogP contribution in [0.2, 0.25) is 5.02 Å². The molecule has 0 radical (unpaired) electrons. The van der Waals surface area contributed by atoms with Crippen molar-refractivity contribution in [2.45, 2.75) is 32.2 Å². The molecule has 0 atom stereocenters. The van der Waals surface area contributed by atoms with Crippen LogP contribution in [0.3, 0.4) is 0 Å². The Morgan fingerprint density at radius 2 is 1.68 bits per heavy atom. The van der Waals surface area contributed by atoms with E-state index in [1.54, 1.807) is 0 Å². The fourth-order valence-electron chi connectivity index (χ4n) is 3.92. The summed E-state index contributed by atoms with van der Waals surface area (Å²) < 4.78 is 6.06. The second-order valence-corrected chi connectivity index (χ2v) is 9.20. The molecule has 0 bridgehead atoms. The summed E-state index contributed by atoms with van der Waals surface area (Å²) in [5.74, 6) is 0.933. The second-order valence-electron chi connectivity index (χ2n) is 8.76. The minimum absolute atomic E-state index is 0.00910. The summed E-state index contributed by atoms with van der Waals surface area (Å²) in [6, 6.07) is 18.2. The van der Waals surface area contributed by atoms with Crippen LogP contribution in [0.15, 0.2) is 60.8 Å². The van der Waals surface area contributed by atoms with Crippen LogP contribution in [0, 0.1) is 6.92 Å². The van der Waals surface area contributed by atoms with Crippen LogP contribution in [0.25, 0.3) is 22.4 Å². The van der Waals surface area contributed by atoms with Crippen molar-refractivity contribution >= 4 is 11.6 Å². The molecule has 2 heterocycles. The number of rotatable bonds is 6. The third-order valence-electron chi connectivity index (χ3n) is 6.08. The van der Waals surface area contributed by atoms with Crippen molar-refractivity contribution in [3.8, 4) is 28.1 Å². The van der Waals surface area contributed by atoms with E-state index in [4.69, 9.17) is 22.1 Å². The monoisotopic (exact) mass is 435 g/mol. The smallest absolute Gasteiger partial charge is 0.122 e. The van der Waals surface area contributed by atoms with Crippen LogP contribution in [0.5, 0.6) is 5.75 Å². The Labute approximate surface area is 190 Å². The Morgan fingerprint density at radius 1 is 1.00 bits per heavy atom. The van der Waals surface area contributed by atoms with Gasteiger partial charge in [-0.2, -0.15) is 0 Å². The van der Waals surface area contributed by atoms with Crippen LogP contribution in [0.1, 0.15) is 25.3 Å². The van der Waals surface area contributed by atoms with E-state index in [1.807, 2.05) is 36.5 Å². The zero-order chi connectivity index (χ0) is 21.8. The first-order valence-electron chi connectivity index (χ1n) is 10.9. The van der Waals surface area contributed by atoms with Crippen LogP contribution in [0.4, 0.5) is 0 Å². The van der Waals surface area contributed by atoms with Gasteiger partial charge in [0, 0.05) is 47.5 Å². The lowest BCUT2D eigenvalue weighted by Crippen LogP contribution is -2.48. The lowest BCUT2D eigenvalue weighted by molar-refractivity contribution is 0.146. The van der Waals surface area contributed by atoms with Crippen LogP contribution in [-0.2, 0) is 0 Å². The van der Waals surface area contributed by atoms with E-state index in [-0.39, 0.29) is 5.54 Å². The van der Waals surface area contributed by atoms with E-state index in [9.17, 15) is 0 Å². The van der Waals surface area contributed by atoms with Gasteiger partial charge in [0.15, 0.2) is 0 Å². The normalized spacial score (nSPS) is 16.3. The lowest BCUT2D eigenvalue weighted by Gasteiger charge is -2.36. The van der Waals surface area contributed by atoms with Crippen LogP contribution >= 0.6 is 11.6 Å². The number of ether oxygens (including phenoxy) is 1. The fourth-order valence-corrected chi connectivity index (χ4v) is 4.05. The van der Waals surface area contributed by atoms with E-state index in [0.717, 1.165) is 71.2 Å². The zero-order valence-corrected chi connectivity index (χ0v) is 19.0. The van der Waals surface area contributed by atoms with Gasteiger partial charge in [0.25, 0.3) is 0 Å². The number of halogens is 1. The van der Waals surface area contributed by atoms with Gasteiger partial charge < -0.3 is 10.5 Å². The van der Waals surface area contributed by atoms with Crippen LogP contribution in [-0.4, -0.2) is 41.7 Å². The number of piperidine rings is 1. The highest BCUT2D eigenvalue weighted by Crippen LogP contribution is 2.27. The van der Waals surface area contributed by atoms with Gasteiger partial charge in [-0.25, -0.2) is 0 Å². The van der Waals surface area contributed by atoms with Crippen molar-refractivity contribution in [2.24, 2.45) is 5.73 Å². The Morgan fingerprint density at radius 3 is 2.32 bits per heavy atom. The number of hydrogen-bond donors (Lipinski definition) is 1. The second kappa shape index (κ2) is 9.39. The number of hydrogen-bond acceptors (Lipinski definition) is 4. The van der Waals surface area contributed by atoms with E-state index >= 15 is 0 Å². The molecule has 0 amide bonds. The predicted octanol–water partition coefficient (Wildman–Crippen LogP) is 5.57. The molecule has 0 saturated carbocycles. The molecule has 3 aromatic rings. The number of aromatic nitrogens is 1. The van der Waals surface area contributed by atoms with Gasteiger partial charge in [-0.05, 0) is 74.2 Å². The third kappa shape index (κ3) is 5.65. The molecule has 2 N–H and O–H groups in total. The maximum Gasteiger partial charge on any atom is 0.122 e. The highest BCUT2D eigenvalue weighted by Gasteiger charge is 2.25. The van der Waals surface area contributed by atoms with E-state index < -0.39 is 0 Å². The van der Waals surface area contributed by atoms with Gasteiger partial charge in [-0.1, -0.05) is 29.8 Å². The molecule has 4 rings (SSSR count). The molecule has 0 unspecified atom stereocenters. The Bertz CT molecular complexity index is 1010. The summed E-state index contributed by atoms with van der Waals surface area (Å²) in [5, 5.41) is 0.737. The molecule has 0 spiro atoms. The zero-order valence-electron chi connectivity index (χ0n) is 18.3. The summed E-state index contributed by atoms with van der Waals surface area (Å²) >= 11 is 5.98. The first-order chi connectivity index (χ1) is 14.9. The summed E-state index contributed by atoms with van der Waals surface area (Å²) in [7, 11) is 0. The standard InChI is InChI=1S/C26H30ClN3O/c1-19-17-21(24-9-5-22(18-29-24)20-3-7-23(27)8-4-20)6-10-25(19)31-16-15-30-13-11-26(2,28)12-14-30/h3-10,17-18H,11-16,28H2,1-2H3. The van der Waals surface area contributed by atoms with Crippen molar-refractivity contribution in [1.29, 1.82) is 0 Å². The first kappa shape index (κ1) is 21.8. The quantitative estimate of drug-likeness (QED) is 0.550. The number of nitrogens with zero attached hydrogens (tertiary/aromatic N) is 2. The predicted molar refractivity (Wildman–Crippen MR) is 129 cm³/mol. The van der Waals surface area contributed by atoms with Gasteiger partial charge >= 0.3 is 0 Å². The highest BCUT2D eigenvalue weighted by molar-refractivity contribution is 6.30. The summed E-state index contributed by atoms with van der Waals surface area (Å²) in [6.45, 7) is 7.95. The minimum Gasteiger partial charge on any atom is -0.492 e. The number of likely N-dealkylation sites (tertiary alicyclic amines) is 1. The number of pyridine rings is 1. The molecular weight excluding hydrogens is 406 g/mol. The molecule has 1 aliphatic rings. The SMILES string of the molecule is Cc1cc(-c2ccc(-c3ccc(Cl)cc3)cn2)ccc1OCCN1CCC(C)(N)CC1. The lowest BCUT2D eigenvalue weighted by atomic mass is 9.91. The van der Waals surface area contributed by atoms with Gasteiger partial charge in [0.1, 0.15) is 12.4 Å². The molecule has 1 fully saturated rings. The number of nitrogens with two attached hydrogens (primary N) is 1. The molecule has 1 saturated heterocycles. The van der Waals surface area contributed by atoms with Crippen molar-refractivity contribution in [3.63, 3.8) is 0 Å². The van der Waals surface area contributed by atoms with Gasteiger partial charge in [-0.15, -0.1) is 0 Å². The van der Waals surface area contributed by atoms with E-state index in [1.165, 1.54) is 0 Å². The average molecular weight is 436 g/mol. The average Bonchev–Trinajstić information content (AvgIpc) is 2.77. The Hall–Kier alpha value is -2.40. The largest absolute Gasteiger partial charge is 0.492 e. The van der Waals surface area contributed by atoms with Crippen molar-refractivity contribution in [3.05, 3.63) is 71.4 Å². The van der Waals surface area contributed by atoms with Crippen LogP contribution < -0.4 is 10.5 Å². The Kier molecular flexibility index (Phi) is 6.61. The van der Waals surface area contributed by atoms with Gasteiger partial charge in [0.05, 0.1) is 5.69 Å². The summed E-state index contributed by atoms with van der Waals surface area (Å²) in [4.78, 5) is 7.10. The molecule has 4 nitrogen and oxygen atoms in total. The molecule has 0 aliphatic carbocycles. The fraction of sp³-hybridized carbons (Fsp3) is 0.346. The molecule has 1 aromatic heterocycles. The molecule has 2 aromatic carbocycles. The molecule has 1 aliphatic heterocycles. The Balaban J connectivity index is 1.35. The van der Waals surface area contributed by atoms with Gasteiger partial charge in [0.2, 0.25) is 0 Å². The number of benzene rings is 2. The van der Waals surface area contributed by atoms with E-state index in [2.05, 4.69) is 48.0 Å². The summed E-state index contributed by atoms with van der Waals surface area (Å²) in [6.07, 6.45) is 4.00. The molecule has 5 heteroatoms. The molecule has 31 heavy (non-hydrogen) atoms.